The van der Waals surface area contributed by atoms with Crippen LogP contribution in [0.15, 0.2) is 48.5 Å². The van der Waals surface area contributed by atoms with Gasteiger partial charge >= 0.3 is 0 Å². The van der Waals surface area contributed by atoms with Crippen LogP contribution < -0.4 is 0 Å². The molecule has 0 unspecified atom stereocenters. The Bertz CT molecular complexity index is 861. The maximum absolute atomic E-state index is 13.7. The minimum absolute atomic E-state index is 0.0946. The first-order valence-corrected chi connectivity index (χ1v) is 9.68. The number of rotatable bonds is 2. The Balaban J connectivity index is 1.52. The Morgan fingerprint density at radius 3 is 2.37 bits per heavy atom. The van der Waals surface area contributed by atoms with E-state index in [1.807, 2.05) is 17.0 Å². The monoisotopic (exact) mass is 368 g/mol. The normalized spacial score (nSPS) is 31.8. The van der Waals surface area contributed by atoms with Crippen LogP contribution in [0.25, 0.3) is 0 Å². The largest absolute Gasteiger partial charge is 0.333 e. The van der Waals surface area contributed by atoms with E-state index in [9.17, 15) is 13.6 Å². The summed E-state index contributed by atoms with van der Waals surface area (Å²) in [6.45, 7) is 2.72. The maximum Gasteiger partial charge on any atom is 0.254 e. The van der Waals surface area contributed by atoms with Crippen molar-refractivity contribution in [1.82, 2.24) is 9.80 Å². The van der Waals surface area contributed by atoms with Crippen LogP contribution in [0.5, 0.6) is 0 Å². The van der Waals surface area contributed by atoms with Crippen LogP contribution in [-0.2, 0) is 0 Å². The predicted molar refractivity (Wildman–Crippen MR) is 98.5 cm³/mol. The van der Waals surface area contributed by atoms with E-state index in [4.69, 9.17) is 0 Å². The number of likely N-dealkylation sites (tertiary alicyclic amines) is 1. The highest BCUT2D eigenvalue weighted by Crippen LogP contribution is 2.46. The molecule has 0 aliphatic carbocycles. The molecule has 27 heavy (non-hydrogen) atoms. The second kappa shape index (κ2) is 6.41. The molecule has 5 heteroatoms. The summed E-state index contributed by atoms with van der Waals surface area (Å²) in [7, 11) is 0. The van der Waals surface area contributed by atoms with Gasteiger partial charge in [-0.1, -0.05) is 18.2 Å². The zero-order chi connectivity index (χ0) is 18.5. The molecule has 2 bridgehead atoms. The Labute approximate surface area is 157 Å². The summed E-state index contributed by atoms with van der Waals surface area (Å²) < 4.78 is 27.1. The number of fused-ring (bicyclic) bond motifs is 2. The molecule has 3 nitrogen and oxygen atoms in total. The summed E-state index contributed by atoms with van der Waals surface area (Å²) in [6.07, 6.45) is 2.20. The third kappa shape index (κ3) is 2.76. The van der Waals surface area contributed by atoms with Gasteiger partial charge in [0.25, 0.3) is 5.91 Å². The second-order valence-electron chi connectivity index (χ2n) is 7.98. The van der Waals surface area contributed by atoms with Crippen molar-refractivity contribution in [2.24, 2.45) is 5.92 Å². The maximum atomic E-state index is 13.7. The average Bonchev–Trinajstić information content (AvgIpc) is 3.12. The molecule has 4 aliphatic heterocycles. The number of amides is 1. The van der Waals surface area contributed by atoms with Gasteiger partial charge in [0.15, 0.2) is 0 Å². The average molecular weight is 368 g/mol. The molecule has 4 aliphatic rings. The summed E-state index contributed by atoms with van der Waals surface area (Å²) in [5.74, 6) is -0.0749. The molecule has 0 aromatic heterocycles. The summed E-state index contributed by atoms with van der Waals surface area (Å²) in [5.41, 5.74) is 1.48. The Morgan fingerprint density at radius 1 is 0.926 bits per heavy atom. The highest BCUT2D eigenvalue weighted by atomic mass is 19.1. The lowest BCUT2D eigenvalue weighted by atomic mass is 9.75. The van der Waals surface area contributed by atoms with Gasteiger partial charge in [-0.05, 0) is 67.7 Å². The van der Waals surface area contributed by atoms with Gasteiger partial charge in [0, 0.05) is 24.1 Å². The number of hydrogen-bond donors (Lipinski definition) is 0. The lowest BCUT2D eigenvalue weighted by Crippen LogP contribution is -2.60. The summed E-state index contributed by atoms with van der Waals surface area (Å²) in [4.78, 5) is 17.7. The van der Waals surface area contributed by atoms with Crippen LogP contribution in [0.4, 0.5) is 8.78 Å². The van der Waals surface area contributed by atoms with Gasteiger partial charge in [0.2, 0.25) is 0 Å². The van der Waals surface area contributed by atoms with Gasteiger partial charge in [-0.3, -0.25) is 9.69 Å². The number of halogens is 2. The van der Waals surface area contributed by atoms with Crippen molar-refractivity contribution in [2.75, 3.05) is 19.6 Å². The number of piperidine rings is 3. The molecular weight excluding hydrogens is 346 g/mol. The van der Waals surface area contributed by atoms with Crippen molar-refractivity contribution in [3.63, 3.8) is 0 Å². The second-order valence-corrected chi connectivity index (χ2v) is 7.98. The van der Waals surface area contributed by atoms with E-state index in [1.165, 1.54) is 24.3 Å². The molecular formula is C22H22F2N2O. The van der Waals surface area contributed by atoms with Gasteiger partial charge < -0.3 is 4.90 Å². The minimum atomic E-state index is -0.388. The van der Waals surface area contributed by atoms with E-state index in [-0.39, 0.29) is 35.5 Å². The SMILES string of the molecule is O=C(c1cccc(F)c1)N1C[C@H](c2ccc(F)cc2)[C@H]2[C@@H]1C1CCN2CC1. The fraction of sp³-hybridized carbons (Fsp3) is 0.409. The van der Waals surface area contributed by atoms with Crippen LogP contribution >= 0.6 is 0 Å². The van der Waals surface area contributed by atoms with E-state index in [0.29, 0.717) is 18.0 Å². The highest BCUT2D eigenvalue weighted by molar-refractivity contribution is 5.94. The number of carbonyl (C=O) groups excluding carboxylic acids is 1. The summed E-state index contributed by atoms with van der Waals surface area (Å²) in [6, 6.07) is 13.1. The quantitative estimate of drug-likeness (QED) is 0.808. The number of hydrogen-bond acceptors (Lipinski definition) is 2. The molecule has 0 radical (unpaired) electrons. The molecule has 140 valence electrons. The van der Waals surface area contributed by atoms with E-state index in [2.05, 4.69) is 4.90 Å². The fourth-order valence-corrected chi connectivity index (χ4v) is 5.45. The highest BCUT2D eigenvalue weighted by Gasteiger charge is 2.54. The predicted octanol–water partition coefficient (Wildman–Crippen LogP) is 3.67. The first kappa shape index (κ1) is 16.9. The molecule has 6 rings (SSSR count). The van der Waals surface area contributed by atoms with Crippen molar-refractivity contribution >= 4 is 5.91 Å². The van der Waals surface area contributed by atoms with Gasteiger partial charge in [0.1, 0.15) is 11.6 Å². The first-order valence-electron chi connectivity index (χ1n) is 9.68. The molecule has 2 aromatic rings. The standard InChI is InChI=1S/C22H22F2N2O/c23-17-6-4-14(5-7-17)19-13-26(22(27)16-2-1-3-18(24)12-16)20-15-8-10-25(11-9-15)21(19)20/h1-7,12,15,19-21H,8-11,13H2/t19-,20+,21+/m1/s1. The Morgan fingerprint density at radius 2 is 1.67 bits per heavy atom. The van der Waals surface area contributed by atoms with Crippen molar-refractivity contribution in [1.29, 1.82) is 0 Å². The van der Waals surface area contributed by atoms with E-state index >= 15 is 0 Å². The molecule has 1 amide bonds. The molecule has 4 heterocycles. The van der Waals surface area contributed by atoms with Crippen molar-refractivity contribution in [2.45, 2.75) is 30.8 Å². The molecule has 0 N–H and O–H groups in total. The van der Waals surface area contributed by atoms with Crippen LogP contribution in [0, 0.1) is 17.6 Å². The van der Waals surface area contributed by atoms with Crippen LogP contribution in [-0.4, -0.2) is 47.4 Å². The lowest BCUT2D eigenvalue weighted by Gasteiger charge is -2.51. The van der Waals surface area contributed by atoms with Crippen LogP contribution in [0.3, 0.4) is 0 Å². The van der Waals surface area contributed by atoms with Crippen LogP contribution in [0.2, 0.25) is 0 Å². The third-order valence-electron chi connectivity index (χ3n) is 6.62. The first-order chi connectivity index (χ1) is 13.1. The van der Waals surface area contributed by atoms with Crippen molar-refractivity contribution in [3.8, 4) is 0 Å². The third-order valence-corrected chi connectivity index (χ3v) is 6.62. The molecule has 4 saturated heterocycles. The van der Waals surface area contributed by atoms with E-state index in [1.54, 1.807) is 12.1 Å². The Hall–Kier alpha value is -2.27. The van der Waals surface area contributed by atoms with E-state index in [0.717, 1.165) is 31.5 Å². The van der Waals surface area contributed by atoms with Crippen LogP contribution in [0.1, 0.15) is 34.7 Å². The molecule has 0 spiro atoms. The topological polar surface area (TPSA) is 23.6 Å². The number of carbonyl (C=O) groups is 1. The van der Waals surface area contributed by atoms with Crippen molar-refractivity contribution in [3.05, 3.63) is 71.3 Å². The zero-order valence-corrected chi connectivity index (χ0v) is 15.0. The van der Waals surface area contributed by atoms with Crippen molar-refractivity contribution < 1.29 is 13.6 Å². The van der Waals surface area contributed by atoms with Gasteiger partial charge in [-0.25, -0.2) is 8.78 Å². The number of nitrogens with zero attached hydrogens (tertiary/aromatic N) is 2. The van der Waals surface area contributed by atoms with E-state index < -0.39 is 0 Å². The smallest absolute Gasteiger partial charge is 0.254 e. The minimum Gasteiger partial charge on any atom is -0.333 e. The van der Waals surface area contributed by atoms with Gasteiger partial charge in [-0.15, -0.1) is 0 Å². The zero-order valence-electron chi connectivity index (χ0n) is 15.0. The molecule has 0 saturated carbocycles. The summed E-state index contributed by atoms with van der Waals surface area (Å²) in [5, 5.41) is 0. The lowest BCUT2D eigenvalue weighted by molar-refractivity contribution is -0.00342. The van der Waals surface area contributed by atoms with Gasteiger partial charge in [0.05, 0.1) is 6.04 Å². The molecule has 3 atom stereocenters. The molecule has 2 aromatic carbocycles. The van der Waals surface area contributed by atoms with Gasteiger partial charge in [-0.2, -0.15) is 0 Å². The Kier molecular flexibility index (Phi) is 4.01. The molecule has 4 fully saturated rings. The summed E-state index contributed by atoms with van der Waals surface area (Å²) >= 11 is 0. The number of benzene rings is 2. The fourth-order valence-electron chi connectivity index (χ4n) is 5.45.